The SMILES string of the molecule is COC(=O)c1ccc2nc(-c3cccc(C4CCC(N(C)c5nc6cc(C(=O)OC)ccc6nc5-c5ccccc5)C4)c3)c(NC3CCCC3)nc2c1. The average Bonchev–Trinajstić information content (AvgIpc) is 3.92. The molecule has 2 aliphatic carbocycles. The van der Waals surface area contributed by atoms with Crippen molar-refractivity contribution in [3.8, 4) is 22.5 Å². The molecule has 2 fully saturated rings. The molecule has 0 radical (unpaired) electrons. The Morgan fingerprint density at radius 1 is 0.660 bits per heavy atom. The van der Waals surface area contributed by atoms with Crippen LogP contribution in [0, 0.1) is 0 Å². The van der Waals surface area contributed by atoms with Gasteiger partial charge in [-0.1, -0.05) is 61.4 Å². The van der Waals surface area contributed by atoms with Crippen molar-refractivity contribution in [1.29, 1.82) is 0 Å². The predicted octanol–water partition coefficient (Wildman–Crippen LogP) is 8.61. The molecule has 0 saturated heterocycles. The number of nitrogens with zero attached hydrogens (tertiary/aromatic N) is 5. The molecule has 268 valence electrons. The summed E-state index contributed by atoms with van der Waals surface area (Å²) in [6, 6.07) is 30.1. The van der Waals surface area contributed by atoms with Crippen molar-refractivity contribution in [3.63, 3.8) is 0 Å². The lowest BCUT2D eigenvalue weighted by molar-refractivity contribution is 0.0592. The van der Waals surface area contributed by atoms with Crippen molar-refractivity contribution in [1.82, 2.24) is 19.9 Å². The molecule has 10 heteroatoms. The molecule has 0 bridgehead atoms. The number of benzene rings is 4. The molecule has 2 aromatic heterocycles. The standard InChI is InChI=1S/C43H42N6O4/c1-49(41-39(26-10-5-4-6-11-26)46-35-21-18-31(43(51)53-3)25-37(35)48-41)33-19-16-28(23-33)27-12-9-13-29(22-27)38-40(44-32-14-7-8-15-32)47-36-24-30(42(50)52-2)17-20-34(36)45-38/h4-6,9-13,17-18,20-22,24-25,28,32-33H,7-8,14-16,19,23H2,1-3H3,(H,44,47). The van der Waals surface area contributed by atoms with Crippen LogP contribution in [0.3, 0.4) is 0 Å². The minimum absolute atomic E-state index is 0.228. The number of hydrogen-bond donors (Lipinski definition) is 1. The predicted molar refractivity (Wildman–Crippen MR) is 207 cm³/mol. The lowest BCUT2D eigenvalue weighted by atomic mass is 9.94. The molecule has 2 aliphatic rings. The van der Waals surface area contributed by atoms with Crippen LogP contribution in [-0.4, -0.2) is 65.2 Å². The fourth-order valence-electron chi connectivity index (χ4n) is 7.92. The lowest BCUT2D eigenvalue weighted by Gasteiger charge is -2.28. The maximum Gasteiger partial charge on any atom is 0.337 e. The molecule has 0 spiro atoms. The summed E-state index contributed by atoms with van der Waals surface area (Å²) in [5.41, 5.74) is 8.54. The first kappa shape index (κ1) is 34.2. The number of carbonyl (C=O) groups excluding carboxylic acids is 2. The monoisotopic (exact) mass is 706 g/mol. The summed E-state index contributed by atoms with van der Waals surface area (Å²) < 4.78 is 9.93. The summed E-state index contributed by atoms with van der Waals surface area (Å²) >= 11 is 0. The van der Waals surface area contributed by atoms with Gasteiger partial charge >= 0.3 is 11.9 Å². The second-order valence-corrected chi connectivity index (χ2v) is 14.1. The van der Waals surface area contributed by atoms with E-state index in [9.17, 15) is 9.59 Å². The Labute approximate surface area is 308 Å². The molecule has 0 aliphatic heterocycles. The summed E-state index contributed by atoms with van der Waals surface area (Å²) in [4.78, 5) is 47.3. The number of methoxy groups -OCH3 is 2. The molecule has 1 N–H and O–H groups in total. The van der Waals surface area contributed by atoms with Gasteiger partial charge in [-0.25, -0.2) is 29.5 Å². The van der Waals surface area contributed by atoms with Crippen LogP contribution in [0.15, 0.2) is 91.0 Å². The van der Waals surface area contributed by atoms with E-state index >= 15 is 0 Å². The van der Waals surface area contributed by atoms with E-state index in [-0.39, 0.29) is 6.04 Å². The van der Waals surface area contributed by atoms with Gasteiger partial charge in [-0.2, -0.15) is 0 Å². The molecule has 2 heterocycles. The summed E-state index contributed by atoms with van der Waals surface area (Å²) in [6.07, 6.45) is 7.55. The fourth-order valence-corrected chi connectivity index (χ4v) is 7.92. The number of nitrogens with one attached hydrogen (secondary N) is 1. The number of ether oxygens (including phenoxy) is 2. The molecule has 2 unspecified atom stereocenters. The fraction of sp³-hybridized carbons (Fsp3) is 0.302. The van der Waals surface area contributed by atoms with Crippen LogP contribution < -0.4 is 10.2 Å². The highest BCUT2D eigenvalue weighted by atomic mass is 16.5. The highest BCUT2D eigenvalue weighted by Crippen LogP contribution is 2.41. The summed E-state index contributed by atoms with van der Waals surface area (Å²) in [5, 5.41) is 3.70. The number of anilines is 2. The Morgan fingerprint density at radius 2 is 1.30 bits per heavy atom. The second-order valence-electron chi connectivity index (χ2n) is 14.1. The maximum atomic E-state index is 12.4. The van der Waals surface area contributed by atoms with Crippen LogP contribution in [0.25, 0.3) is 44.6 Å². The molecular weight excluding hydrogens is 665 g/mol. The van der Waals surface area contributed by atoms with Crippen LogP contribution in [0.4, 0.5) is 11.6 Å². The zero-order valence-corrected chi connectivity index (χ0v) is 30.2. The van der Waals surface area contributed by atoms with Gasteiger partial charge in [0.25, 0.3) is 0 Å². The van der Waals surface area contributed by atoms with Gasteiger partial charge in [0.2, 0.25) is 0 Å². The molecule has 6 aromatic rings. The van der Waals surface area contributed by atoms with Crippen molar-refractivity contribution < 1.29 is 19.1 Å². The molecule has 10 nitrogen and oxygen atoms in total. The third-order valence-electron chi connectivity index (χ3n) is 10.8. The Balaban J connectivity index is 1.10. The third-order valence-corrected chi connectivity index (χ3v) is 10.8. The molecule has 2 saturated carbocycles. The highest BCUT2D eigenvalue weighted by Gasteiger charge is 2.31. The van der Waals surface area contributed by atoms with E-state index in [1.165, 1.54) is 32.6 Å². The average molecular weight is 707 g/mol. The largest absolute Gasteiger partial charge is 0.465 e. The number of carbonyl (C=O) groups is 2. The van der Waals surface area contributed by atoms with Gasteiger partial charge in [0.1, 0.15) is 11.4 Å². The topological polar surface area (TPSA) is 119 Å². The quantitative estimate of drug-likeness (QED) is 0.146. The van der Waals surface area contributed by atoms with Crippen LogP contribution in [0.1, 0.15) is 77.1 Å². The number of fused-ring (bicyclic) bond motifs is 2. The minimum atomic E-state index is -0.402. The van der Waals surface area contributed by atoms with E-state index in [2.05, 4.69) is 53.7 Å². The smallest absolute Gasteiger partial charge is 0.337 e. The van der Waals surface area contributed by atoms with Crippen molar-refractivity contribution in [3.05, 3.63) is 108 Å². The Bertz CT molecular complexity index is 2320. The van der Waals surface area contributed by atoms with Gasteiger partial charge in [-0.3, -0.25) is 0 Å². The molecule has 53 heavy (non-hydrogen) atoms. The van der Waals surface area contributed by atoms with Crippen LogP contribution >= 0.6 is 0 Å². The first-order chi connectivity index (χ1) is 25.9. The van der Waals surface area contributed by atoms with E-state index in [0.29, 0.717) is 34.1 Å². The molecular formula is C43H42N6O4. The molecule has 2 atom stereocenters. The summed E-state index contributed by atoms with van der Waals surface area (Å²) in [6.45, 7) is 0. The Kier molecular flexibility index (Phi) is 9.43. The van der Waals surface area contributed by atoms with Crippen LogP contribution in [0.2, 0.25) is 0 Å². The zero-order valence-electron chi connectivity index (χ0n) is 30.2. The highest BCUT2D eigenvalue weighted by molar-refractivity contribution is 5.95. The minimum Gasteiger partial charge on any atom is -0.465 e. The number of esters is 2. The molecule has 4 aromatic carbocycles. The second kappa shape index (κ2) is 14.6. The van der Waals surface area contributed by atoms with Gasteiger partial charge < -0.3 is 19.7 Å². The van der Waals surface area contributed by atoms with E-state index < -0.39 is 11.9 Å². The van der Waals surface area contributed by atoms with Gasteiger partial charge in [0.15, 0.2) is 11.6 Å². The maximum absolute atomic E-state index is 12.4. The number of hydrogen-bond acceptors (Lipinski definition) is 10. The van der Waals surface area contributed by atoms with Crippen molar-refractivity contribution >= 4 is 45.6 Å². The van der Waals surface area contributed by atoms with Gasteiger partial charge in [0.05, 0.1) is 47.4 Å². The van der Waals surface area contributed by atoms with Crippen LogP contribution in [-0.2, 0) is 9.47 Å². The first-order valence-corrected chi connectivity index (χ1v) is 18.3. The van der Waals surface area contributed by atoms with Crippen molar-refractivity contribution in [2.75, 3.05) is 31.5 Å². The summed E-state index contributed by atoms with van der Waals surface area (Å²) in [7, 11) is 4.87. The number of aromatic nitrogens is 4. The first-order valence-electron chi connectivity index (χ1n) is 18.3. The Morgan fingerprint density at radius 3 is 1.98 bits per heavy atom. The molecule has 8 rings (SSSR count). The van der Waals surface area contributed by atoms with E-state index in [4.69, 9.17) is 29.4 Å². The normalized spacial score (nSPS) is 17.3. The lowest BCUT2D eigenvalue weighted by Crippen LogP contribution is -2.30. The summed E-state index contributed by atoms with van der Waals surface area (Å²) in [5.74, 6) is 1.07. The molecule has 0 amide bonds. The zero-order chi connectivity index (χ0) is 36.5. The van der Waals surface area contributed by atoms with Gasteiger partial charge in [-0.05, 0) is 86.1 Å². The van der Waals surface area contributed by atoms with Crippen molar-refractivity contribution in [2.24, 2.45) is 0 Å². The van der Waals surface area contributed by atoms with Crippen molar-refractivity contribution in [2.45, 2.75) is 62.9 Å². The van der Waals surface area contributed by atoms with Crippen LogP contribution in [0.5, 0.6) is 0 Å². The van der Waals surface area contributed by atoms with Gasteiger partial charge in [-0.15, -0.1) is 0 Å². The number of rotatable bonds is 9. The van der Waals surface area contributed by atoms with Gasteiger partial charge in [0, 0.05) is 30.3 Å². The van der Waals surface area contributed by atoms with E-state index in [1.807, 2.05) is 30.3 Å². The van der Waals surface area contributed by atoms with E-state index in [0.717, 1.165) is 77.3 Å². The Hall–Kier alpha value is -5.90. The van der Waals surface area contributed by atoms with E-state index in [1.54, 1.807) is 24.3 Å². The third kappa shape index (κ3) is 6.89.